The van der Waals surface area contributed by atoms with Crippen LogP contribution in [0.3, 0.4) is 0 Å². The Morgan fingerprint density at radius 2 is 1.70 bits per heavy atom. The third-order valence-electron chi connectivity index (χ3n) is 5.51. The van der Waals surface area contributed by atoms with E-state index >= 15 is 0 Å². The van der Waals surface area contributed by atoms with Gasteiger partial charge >= 0.3 is 0 Å². The molecule has 1 fully saturated rings. The van der Waals surface area contributed by atoms with Crippen molar-refractivity contribution in [1.82, 2.24) is 4.90 Å². The lowest BCUT2D eigenvalue weighted by molar-refractivity contribution is 0.172. The fourth-order valence-corrected chi connectivity index (χ4v) is 3.70. The summed E-state index contributed by atoms with van der Waals surface area (Å²) in [6, 6.07) is 23.6. The van der Waals surface area contributed by atoms with E-state index < -0.39 is 0 Å². The molecule has 1 aliphatic rings. The van der Waals surface area contributed by atoms with Crippen LogP contribution >= 0.6 is 0 Å². The molecule has 0 aliphatic carbocycles. The molecule has 138 valence electrons. The summed E-state index contributed by atoms with van der Waals surface area (Å²) in [6.07, 6.45) is 1.33. The predicted molar refractivity (Wildman–Crippen MR) is 112 cm³/mol. The van der Waals surface area contributed by atoms with E-state index in [-0.39, 0.29) is 0 Å². The molecule has 0 N–H and O–H groups in total. The standard InChI is InChI=1S/C25H27NO/c1-19-16-21(17-26-14-7-15-26)12-13-25(19)27-18-23-10-6-11-24(20(23)2)22-8-4-3-5-9-22/h3-6,8-13,16H,7,14-15,17-18H2,1-2H3. The van der Waals surface area contributed by atoms with Crippen LogP contribution in [0.5, 0.6) is 5.75 Å². The molecule has 0 radical (unpaired) electrons. The van der Waals surface area contributed by atoms with Crippen LogP contribution in [0.1, 0.15) is 28.7 Å². The quantitative estimate of drug-likeness (QED) is 0.556. The van der Waals surface area contributed by atoms with Crippen molar-refractivity contribution in [1.29, 1.82) is 0 Å². The topological polar surface area (TPSA) is 12.5 Å². The van der Waals surface area contributed by atoms with Crippen molar-refractivity contribution in [3.63, 3.8) is 0 Å². The van der Waals surface area contributed by atoms with Gasteiger partial charge in [-0.1, -0.05) is 60.7 Å². The molecule has 0 unspecified atom stereocenters. The smallest absolute Gasteiger partial charge is 0.122 e. The zero-order valence-corrected chi connectivity index (χ0v) is 16.2. The fourth-order valence-electron chi connectivity index (χ4n) is 3.70. The van der Waals surface area contributed by atoms with E-state index in [0.717, 1.165) is 12.3 Å². The van der Waals surface area contributed by atoms with E-state index in [0.29, 0.717) is 6.61 Å². The Kier molecular flexibility index (Phi) is 5.26. The predicted octanol–water partition coefficient (Wildman–Crippen LogP) is 5.76. The number of hydrogen-bond acceptors (Lipinski definition) is 2. The molecule has 0 bridgehead atoms. The van der Waals surface area contributed by atoms with E-state index in [2.05, 4.69) is 85.5 Å². The van der Waals surface area contributed by atoms with Crippen molar-refractivity contribution in [3.05, 3.63) is 89.0 Å². The molecule has 27 heavy (non-hydrogen) atoms. The van der Waals surface area contributed by atoms with Gasteiger partial charge in [0, 0.05) is 6.54 Å². The average molecular weight is 357 g/mol. The second-order valence-electron chi connectivity index (χ2n) is 7.47. The highest BCUT2D eigenvalue weighted by Gasteiger charge is 2.14. The number of aryl methyl sites for hydroxylation is 1. The molecule has 3 aromatic carbocycles. The van der Waals surface area contributed by atoms with Crippen molar-refractivity contribution in [2.24, 2.45) is 0 Å². The molecule has 1 aliphatic heterocycles. The van der Waals surface area contributed by atoms with Gasteiger partial charge in [-0.3, -0.25) is 4.90 Å². The highest BCUT2D eigenvalue weighted by atomic mass is 16.5. The Bertz CT molecular complexity index is 913. The second kappa shape index (κ2) is 7.98. The number of hydrogen-bond donors (Lipinski definition) is 0. The summed E-state index contributed by atoms with van der Waals surface area (Å²) < 4.78 is 6.18. The van der Waals surface area contributed by atoms with E-state index in [1.165, 1.54) is 52.9 Å². The van der Waals surface area contributed by atoms with Gasteiger partial charge in [0.1, 0.15) is 12.4 Å². The summed E-state index contributed by atoms with van der Waals surface area (Å²) in [4.78, 5) is 2.48. The summed E-state index contributed by atoms with van der Waals surface area (Å²) in [5.41, 5.74) is 7.64. The molecule has 3 aromatic rings. The molecule has 4 rings (SSSR count). The molecule has 1 heterocycles. The van der Waals surface area contributed by atoms with Gasteiger partial charge in [0.15, 0.2) is 0 Å². The van der Waals surface area contributed by atoms with Gasteiger partial charge in [-0.2, -0.15) is 0 Å². The number of ether oxygens (including phenoxy) is 1. The Morgan fingerprint density at radius 3 is 2.41 bits per heavy atom. The van der Waals surface area contributed by atoms with Crippen LogP contribution < -0.4 is 4.74 Å². The van der Waals surface area contributed by atoms with Gasteiger partial charge < -0.3 is 4.74 Å². The molecule has 0 atom stereocenters. The van der Waals surface area contributed by atoms with E-state index in [1.807, 2.05) is 0 Å². The minimum Gasteiger partial charge on any atom is -0.489 e. The van der Waals surface area contributed by atoms with Gasteiger partial charge in [-0.25, -0.2) is 0 Å². The van der Waals surface area contributed by atoms with Gasteiger partial charge in [0.2, 0.25) is 0 Å². The maximum atomic E-state index is 6.18. The SMILES string of the molecule is Cc1cc(CN2CCC2)ccc1OCc1cccc(-c2ccccc2)c1C. The average Bonchev–Trinajstić information content (AvgIpc) is 2.66. The van der Waals surface area contributed by atoms with Crippen molar-refractivity contribution in [2.45, 2.75) is 33.4 Å². The molecule has 2 heteroatoms. The normalized spacial score (nSPS) is 14.0. The Morgan fingerprint density at radius 1 is 0.889 bits per heavy atom. The molecule has 1 saturated heterocycles. The number of likely N-dealkylation sites (tertiary alicyclic amines) is 1. The van der Waals surface area contributed by atoms with Crippen LogP contribution in [-0.4, -0.2) is 18.0 Å². The van der Waals surface area contributed by atoms with Gasteiger partial charge in [0.25, 0.3) is 0 Å². The maximum Gasteiger partial charge on any atom is 0.122 e. The zero-order chi connectivity index (χ0) is 18.6. The summed E-state index contributed by atoms with van der Waals surface area (Å²) in [5.74, 6) is 0.979. The second-order valence-corrected chi connectivity index (χ2v) is 7.47. The number of rotatable bonds is 6. The van der Waals surface area contributed by atoms with E-state index in [1.54, 1.807) is 0 Å². The molecule has 0 amide bonds. The highest BCUT2D eigenvalue weighted by molar-refractivity contribution is 5.68. The van der Waals surface area contributed by atoms with Crippen LogP contribution in [0.2, 0.25) is 0 Å². The first-order valence-corrected chi connectivity index (χ1v) is 9.79. The Balaban J connectivity index is 1.47. The molecule has 0 spiro atoms. The molecule has 0 saturated carbocycles. The van der Waals surface area contributed by atoms with E-state index in [9.17, 15) is 0 Å². The molecular weight excluding hydrogens is 330 g/mol. The third kappa shape index (κ3) is 4.06. The minimum atomic E-state index is 0.596. The van der Waals surface area contributed by atoms with Crippen LogP contribution in [-0.2, 0) is 13.2 Å². The molecule has 0 aromatic heterocycles. The lowest BCUT2D eigenvalue weighted by Gasteiger charge is -2.30. The van der Waals surface area contributed by atoms with Crippen molar-refractivity contribution in [3.8, 4) is 16.9 Å². The summed E-state index contributed by atoms with van der Waals surface area (Å²) >= 11 is 0. The lowest BCUT2D eigenvalue weighted by Crippen LogP contribution is -2.36. The Labute approximate surface area is 162 Å². The first kappa shape index (κ1) is 17.8. The molecule has 2 nitrogen and oxygen atoms in total. The molecular formula is C25H27NO. The van der Waals surface area contributed by atoms with Gasteiger partial charge in [-0.05, 0) is 72.8 Å². The van der Waals surface area contributed by atoms with Crippen LogP contribution in [0.4, 0.5) is 0 Å². The van der Waals surface area contributed by atoms with Crippen LogP contribution in [0.25, 0.3) is 11.1 Å². The fraction of sp³-hybridized carbons (Fsp3) is 0.280. The van der Waals surface area contributed by atoms with Crippen LogP contribution in [0.15, 0.2) is 66.7 Å². The van der Waals surface area contributed by atoms with Gasteiger partial charge in [0.05, 0.1) is 0 Å². The number of benzene rings is 3. The highest BCUT2D eigenvalue weighted by Crippen LogP contribution is 2.27. The summed E-state index contributed by atoms with van der Waals surface area (Å²) in [5, 5.41) is 0. The first-order chi connectivity index (χ1) is 13.2. The summed E-state index contributed by atoms with van der Waals surface area (Å²) in [6.45, 7) is 8.44. The lowest BCUT2D eigenvalue weighted by atomic mass is 9.97. The summed E-state index contributed by atoms with van der Waals surface area (Å²) in [7, 11) is 0. The largest absolute Gasteiger partial charge is 0.489 e. The minimum absolute atomic E-state index is 0.596. The number of nitrogens with zero attached hydrogens (tertiary/aromatic N) is 1. The van der Waals surface area contributed by atoms with Crippen molar-refractivity contribution in [2.75, 3.05) is 13.1 Å². The third-order valence-corrected chi connectivity index (χ3v) is 5.51. The monoisotopic (exact) mass is 357 g/mol. The zero-order valence-electron chi connectivity index (χ0n) is 16.2. The van der Waals surface area contributed by atoms with E-state index in [4.69, 9.17) is 4.74 Å². The maximum absolute atomic E-state index is 6.18. The first-order valence-electron chi connectivity index (χ1n) is 9.79. The van der Waals surface area contributed by atoms with Gasteiger partial charge in [-0.15, -0.1) is 0 Å². The van der Waals surface area contributed by atoms with Crippen molar-refractivity contribution < 1.29 is 4.74 Å². The Hall–Kier alpha value is -2.58. The van der Waals surface area contributed by atoms with Crippen LogP contribution in [0, 0.1) is 13.8 Å². The van der Waals surface area contributed by atoms with Crippen molar-refractivity contribution >= 4 is 0 Å².